The summed E-state index contributed by atoms with van der Waals surface area (Å²) in [6.07, 6.45) is 9.41. The first-order valence-electron chi connectivity index (χ1n) is 2.20. The van der Waals surface area contributed by atoms with Gasteiger partial charge in [-0.15, -0.1) is 0 Å². The van der Waals surface area contributed by atoms with E-state index in [2.05, 4.69) is 0 Å². The van der Waals surface area contributed by atoms with Crippen molar-refractivity contribution in [3.8, 4) is 0 Å². The monoisotopic (exact) mass is 93.1 g/mol. The van der Waals surface area contributed by atoms with E-state index in [9.17, 15) is 0 Å². The van der Waals surface area contributed by atoms with Crippen LogP contribution >= 0.6 is 0 Å². The standard InChI is InChI=1S/C6H7N/c7-5-6-3-1-2-4-6/h1-5H,7H2. The third-order valence-electron chi connectivity index (χ3n) is 0.881. The molecule has 0 heterocycles. The van der Waals surface area contributed by atoms with Crippen molar-refractivity contribution in [3.63, 3.8) is 0 Å². The number of hydrogen-bond acceptors (Lipinski definition) is 1. The van der Waals surface area contributed by atoms with Crippen molar-refractivity contribution in [1.82, 2.24) is 0 Å². The maximum absolute atomic E-state index is 5.17. The lowest BCUT2D eigenvalue weighted by Gasteiger charge is -1.78. The molecule has 0 amide bonds. The third-order valence-corrected chi connectivity index (χ3v) is 0.881. The molecule has 0 aromatic rings. The number of hydrogen-bond donors (Lipinski definition) is 1. The Kier molecular flexibility index (Phi) is 0.984. The Bertz CT molecular complexity index is 126. The Morgan fingerprint density at radius 3 is 2.14 bits per heavy atom. The van der Waals surface area contributed by atoms with Gasteiger partial charge in [0.05, 0.1) is 0 Å². The first-order valence-corrected chi connectivity index (χ1v) is 2.20. The van der Waals surface area contributed by atoms with E-state index in [0.717, 1.165) is 5.57 Å². The highest BCUT2D eigenvalue weighted by Gasteiger charge is 1.84. The minimum atomic E-state index is 1.08. The Morgan fingerprint density at radius 2 is 1.86 bits per heavy atom. The van der Waals surface area contributed by atoms with E-state index >= 15 is 0 Å². The van der Waals surface area contributed by atoms with E-state index in [1.54, 1.807) is 6.20 Å². The molecule has 0 bridgehead atoms. The molecule has 0 aromatic heterocycles. The first kappa shape index (κ1) is 4.19. The van der Waals surface area contributed by atoms with Crippen LogP contribution < -0.4 is 5.73 Å². The molecule has 1 nitrogen and oxygen atoms in total. The fourth-order valence-electron chi connectivity index (χ4n) is 0.500. The molecule has 1 heteroatoms. The summed E-state index contributed by atoms with van der Waals surface area (Å²) in [6, 6.07) is 0. The van der Waals surface area contributed by atoms with Crippen molar-refractivity contribution in [1.29, 1.82) is 0 Å². The lowest BCUT2D eigenvalue weighted by Crippen LogP contribution is -1.78. The average Bonchev–Trinajstić information content (AvgIpc) is 2.14. The smallest absolute Gasteiger partial charge is 0.00115 e. The van der Waals surface area contributed by atoms with Crippen LogP contribution in [0.1, 0.15) is 0 Å². The molecule has 0 spiro atoms. The number of nitrogens with two attached hydrogens (primary N) is 1. The minimum absolute atomic E-state index is 1.08. The maximum atomic E-state index is 5.17. The van der Waals surface area contributed by atoms with Crippen LogP contribution in [0, 0.1) is 0 Å². The zero-order valence-electron chi connectivity index (χ0n) is 3.96. The third kappa shape index (κ3) is 0.712. The predicted octanol–water partition coefficient (Wildman–Crippen LogP) is 0.955. The van der Waals surface area contributed by atoms with Gasteiger partial charge in [0.1, 0.15) is 0 Å². The van der Waals surface area contributed by atoms with Crippen LogP contribution in [-0.2, 0) is 0 Å². The molecule has 1 rings (SSSR count). The van der Waals surface area contributed by atoms with Crippen molar-refractivity contribution >= 4 is 0 Å². The molecule has 36 valence electrons. The van der Waals surface area contributed by atoms with Gasteiger partial charge in [-0.1, -0.05) is 24.3 Å². The summed E-state index contributed by atoms with van der Waals surface area (Å²) in [7, 11) is 0. The maximum Gasteiger partial charge on any atom is 0.00115 e. The Labute approximate surface area is 42.8 Å². The topological polar surface area (TPSA) is 26.0 Å². The Morgan fingerprint density at radius 1 is 1.29 bits per heavy atom. The summed E-state index contributed by atoms with van der Waals surface area (Å²) in [5.41, 5.74) is 6.25. The van der Waals surface area contributed by atoms with Crippen LogP contribution in [0.5, 0.6) is 0 Å². The number of rotatable bonds is 0. The van der Waals surface area contributed by atoms with Gasteiger partial charge in [0, 0.05) is 6.20 Å². The zero-order chi connectivity index (χ0) is 5.11. The molecular weight excluding hydrogens is 86.1 g/mol. The molecule has 0 fully saturated rings. The number of allylic oxidation sites excluding steroid dienone is 5. The molecule has 2 N–H and O–H groups in total. The van der Waals surface area contributed by atoms with Crippen molar-refractivity contribution in [3.05, 3.63) is 36.1 Å². The van der Waals surface area contributed by atoms with E-state index in [1.807, 2.05) is 24.3 Å². The first-order chi connectivity index (χ1) is 3.43. The van der Waals surface area contributed by atoms with Crippen LogP contribution in [0.3, 0.4) is 0 Å². The second-order valence-corrected chi connectivity index (χ2v) is 1.38. The summed E-state index contributed by atoms with van der Waals surface area (Å²) in [6.45, 7) is 0. The molecule has 0 aliphatic heterocycles. The zero-order valence-corrected chi connectivity index (χ0v) is 3.96. The molecule has 7 heavy (non-hydrogen) atoms. The lowest BCUT2D eigenvalue weighted by atomic mass is 10.3. The highest BCUT2D eigenvalue weighted by Crippen LogP contribution is 2.03. The quantitative estimate of drug-likeness (QED) is 0.474. The summed E-state index contributed by atoms with van der Waals surface area (Å²) < 4.78 is 0. The molecule has 0 unspecified atom stereocenters. The predicted molar refractivity (Wildman–Crippen MR) is 30.6 cm³/mol. The largest absolute Gasteiger partial charge is 0.404 e. The summed E-state index contributed by atoms with van der Waals surface area (Å²) >= 11 is 0. The fourth-order valence-corrected chi connectivity index (χ4v) is 0.500. The van der Waals surface area contributed by atoms with E-state index in [1.165, 1.54) is 0 Å². The summed E-state index contributed by atoms with van der Waals surface area (Å²) in [4.78, 5) is 0. The second kappa shape index (κ2) is 1.65. The molecule has 1 aliphatic carbocycles. The van der Waals surface area contributed by atoms with Gasteiger partial charge in [-0.3, -0.25) is 0 Å². The second-order valence-electron chi connectivity index (χ2n) is 1.38. The van der Waals surface area contributed by atoms with Crippen molar-refractivity contribution in [2.75, 3.05) is 0 Å². The van der Waals surface area contributed by atoms with Crippen molar-refractivity contribution in [2.24, 2.45) is 5.73 Å². The van der Waals surface area contributed by atoms with Gasteiger partial charge in [-0.2, -0.15) is 0 Å². The minimum Gasteiger partial charge on any atom is -0.404 e. The van der Waals surface area contributed by atoms with Crippen LogP contribution in [0.15, 0.2) is 36.1 Å². The van der Waals surface area contributed by atoms with Gasteiger partial charge >= 0.3 is 0 Å². The SMILES string of the molecule is NC=C1C=CC=C1. The molecule has 1 aliphatic rings. The highest BCUT2D eigenvalue weighted by molar-refractivity contribution is 5.38. The molecule has 0 aromatic carbocycles. The van der Waals surface area contributed by atoms with E-state index in [-0.39, 0.29) is 0 Å². The Balaban J connectivity index is 2.79. The Hall–Kier alpha value is -0.980. The van der Waals surface area contributed by atoms with E-state index < -0.39 is 0 Å². The fraction of sp³-hybridized carbons (Fsp3) is 0. The normalized spacial score (nSPS) is 15.7. The molecule has 0 radical (unpaired) electrons. The highest BCUT2D eigenvalue weighted by atomic mass is 14.5. The van der Waals surface area contributed by atoms with E-state index in [4.69, 9.17) is 5.73 Å². The summed E-state index contributed by atoms with van der Waals surface area (Å²) in [5.74, 6) is 0. The average molecular weight is 93.1 g/mol. The van der Waals surface area contributed by atoms with Gasteiger partial charge in [-0.05, 0) is 5.57 Å². The van der Waals surface area contributed by atoms with Gasteiger partial charge in [0.25, 0.3) is 0 Å². The van der Waals surface area contributed by atoms with Crippen molar-refractivity contribution < 1.29 is 0 Å². The van der Waals surface area contributed by atoms with Crippen LogP contribution in [0.25, 0.3) is 0 Å². The molecule has 0 saturated heterocycles. The molecular formula is C6H7N. The summed E-state index contributed by atoms with van der Waals surface area (Å²) in [5, 5.41) is 0. The van der Waals surface area contributed by atoms with Gasteiger partial charge < -0.3 is 5.73 Å². The van der Waals surface area contributed by atoms with Gasteiger partial charge in [-0.25, -0.2) is 0 Å². The lowest BCUT2D eigenvalue weighted by molar-refractivity contribution is 1.54. The van der Waals surface area contributed by atoms with Crippen LogP contribution in [0.2, 0.25) is 0 Å². The van der Waals surface area contributed by atoms with Gasteiger partial charge in [0.2, 0.25) is 0 Å². The molecule has 0 saturated carbocycles. The van der Waals surface area contributed by atoms with Gasteiger partial charge in [0.15, 0.2) is 0 Å². The van der Waals surface area contributed by atoms with E-state index in [0.29, 0.717) is 0 Å². The van der Waals surface area contributed by atoms with Crippen LogP contribution in [0.4, 0.5) is 0 Å². The van der Waals surface area contributed by atoms with Crippen LogP contribution in [-0.4, -0.2) is 0 Å². The van der Waals surface area contributed by atoms with Crippen molar-refractivity contribution in [2.45, 2.75) is 0 Å². The molecule has 0 atom stereocenters.